The van der Waals surface area contributed by atoms with Crippen LogP contribution in [0.15, 0.2) is 41.0 Å². The first-order chi connectivity index (χ1) is 22.6. The van der Waals surface area contributed by atoms with Crippen LogP contribution in [0.4, 0.5) is 0 Å². The van der Waals surface area contributed by atoms with Crippen molar-refractivity contribution in [3.8, 4) is 17.2 Å². The van der Waals surface area contributed by atoms with Gasteiger partial charge in [-0.15, -0.1) is 0 Å². The number of carbonyl (C=O) groups is 2. The molecular formula is C36H43NO11. The topological polar surface area (TPSA) is 178 Å². The van der Waals surface area contributed by atoms with Crippen molar-refractivity contribution in [2.24, 2.45) is 17.8 Å². The molecule has 0 radical (unpaired) electrons. The fourth-order valence-corrected chi connectivity index (χ4v) is 6.45. The fraction of sp³-hybridized carbons (Fsp3) is 0.472. The number of aromatic hydroxyl groups is 2. The summed E-state index contributed by atoms with van der Waals surface area (Å²) in [4.78, 5) is 30.6. The van der Waals surface area contributed by atoms with Gasteiger partial charge in [-0.3, -0.25) is 9.59 Å². The smallest absolute Gasteiger partial charge is 0.312 e. The van der Waals surface area contributed by atoms with Crippen LogP contribution in [-0.2, 0) is 19.0 Å². The van der Waals surface area contributed by atoms with Crippen molar-refractivity contribution in [2.75, 3.05) is 7.11 Å². The third-order valence-corrected chi connectivity index (χ3v) is 9.52. The number of hydrogen-bond acceptors (Lipinski definition) is 12. The van der Waals surface area contributed by atoms with Crippen molar-refractivity contribution in [2.45, 2.75) is 85.1 Å². The Morgan fingerprint density at radius 3 is 2.44 bits per heavy atom. The van der Waals surface area contributed by atoms with E-state index in [9.17, 15) is 30.0 Å². The normalized spacial score (nSPS) is 32.3. The summed E-state index contributed by atoms with van der Waals surface area (Å²) in [5, 5.41) is 45.2. The number of phenolic OH excluding ortho intramolecular Hbond substituents is 2. The molecule has 12 heteroatoms. The van der Waals surface area contributed by atoms with Gasteiger partial charge in [0.05, 0.1) is 35.5 Å². The molecular weight excluding hydrogens is 622 g/mol. The van der Waals surface area contributed by atoms with Gasteiger partial charge in [-0.1, -0.05) is 39.0 Å². The number of ketones is 1. The number of nitrogens with zero attached hydrogens (tertiary/aromatic N) is 1. The van der Waals surface area contributed by atoms with E-state index in [0.717, 1.165) is 0 Å². The molecule has 3 heterocycles. The van der Waals surface area contributed by atoms with E-state index in [1.807, 2.05) is 6.92 Å². The molecule has 258 valence electrons. The molecule has 48 heavy (non-hydrogen) atoms. The molecule has 2 aliphatic rings. The van der Waals surface area contributed by atoms with Gasteiger partial charge in [0, 0.05) is 67.7 Å². The Kier molecular flexibility index (Phi) is 9.64. The van der Waals surface area contributed by atoms with Gasteiger partial charge in [0.15, 0.2) is 5.58 Å². The van der Waals surface area contributed by atoms with E-state index in [0.29, 0.717) is 5.57 Å². The van der Waals surface area contributed by atoms with Gasteiger partial charge in [0.1, 0.15) is 28.9 Å². The molecule has 2 aromatic carbocycles. The number of rotatable bonds is 2. The van der Waals surface area contributed by atoms with Crippen LogP contribution >= 0.6 is 0 Å². The molecule has 0 spiro atoms. The molecule has 6 bridgehead atoms. The fourth-order valence-electron chi connectivity index (χ4n) is 6.45. The van der Waals surface area contributed by atoms with Crippen LogP contribution in [0.5, 0.6) is 17.2 Å². The number of hydrogen-bond donors (Lipinski definition) is 4. The van der Waals surface area contributed by atoms with Gasteiger partial charge in [0.2, 0.25) is 5.89 Å². The van der Waals surface area contributed by atoms with Gasteiger partial charge in [-0.2, -0.15) is 0 Å². The maximum Gasteiger partial charge on any atom is 0.312 e. The number of fused-ring (bicyclic) bond motifs is 2. The standard InChI is InChI=1S/C36H43NO11/c1-16-10-9-11-17(2)35-37-23-15-24(39)26-27(33(23)47-35)31(42)20(5)32-28(26)34(43)36(7,48-32)45-13-12-22(44-8)14-25(46-21(6)38)18(3)30(41)19(4)29(16)40/h9-13,15-16,18-19,22,25,29-30,39-42H,14H2,1-8H3/b10-9+,13-12+,17-11-. The Morgan fingerprint density at radius 1 is 1.06 bits per heavy atom. The number of ether oxygens (including phenoxy) is 4. The van der Waals surface area contributed by atoms with Crippen LogP contribution in [0, 0.1) is 24.7 Å². The minimum Gasteiger partial charge on any atom is -0.507 e. The minimum absolute atomic E-state index is 0.0184. The predicted molar refractivity (Wildman–Crippen MR) is 176 cm³/mol. The van der Waals surface area contributed by atoms with Gasteiger partial charge in [-0.05, 0) is 19.9 Å². The van der Waals surface area contributed by atoms with Crippen molar-refractivity contribution in [3.63, 3.8) is 0 Å². The Balaban J connectivity index is 1.66. The van der Waals surface area contributed by atoms with Crippen LogP contribution in [0.2, 0.25) is 0 Å². The molecule has 8 unspecified atom stereocenters. The van der Waals surface area contributed by atoms with Crippen molar-refractivity contribution >= 4 is 39.2 Å². The third-order valence-electron chi connectivity index (χ3n) is 9.52. The van der Waals surface area contributed by atoms with Crippen LogP contribution in [0.25, 0.3) is 27.4 Å². The number of benzene rings is 2. The molecule has 8 atom stereocenters. The predicted octanol–water partition coefficient (Wildman–Crippen LogP) is 5.46. The number of aliphatic hydroxyl groups excluding tert-OH is 2. The summed E-state index contributed by atoms with van der Waals surface area (Å²) in [5.41, 5.74) is 1.31. The highest BCUT2D eigenvalue weighted by Gasteiger charge is 2.49. The van der Waals surface area contributed by atoms with Gasteiger partial charge >= 0.3 is 11.8 Å². The molecule has 0 fully saturated rings. The average molecular weight is 666 g/mol. The highest BCUT2D eigenvalue weighted by atomic mass is 16.7. The zero-order valence-corrected chi connectivity index (χ0v) is 28.3. The maximum atomic E-state index is 14.0. The van der Waals surface area contributed by atoms with Crippen LogP contribution in [0.3, 0.4) is 0 Å². The third kappa shape index (κ3) is 6.15. The SMILES string of the molecule is COC1/C=C/OC2(C)Oc3c(C)c(O)c4c(c(O)cc5nc(oc54)/C(C)=C\C=C\C(C)C(O)C(C)C(O)C(C)C(OC(C)=O)C1)c3C2=O. The summed E-state index contributed by atoms with van der Waals surface area (Å²) in [6, 6.07) is 1.36. The second kappa shape index (κ2) is 13.3. The van der Waals surface area contributed by atoms with E-state index in [1.54, 1.807) is 45.9 Å². The number of oxazole rings is 1. The Bertz CT molecular complexity index is 1840. The number of allylic oxidation sites excluding steroid dienone is 3. The van der Waals surface area contributed by atoms with E-state index < -0.39 is 53.8 Å². The van der Waals surface area contributed by atoms with Crippen molar-refractivity contribution in [1.29, 1.82) is 0 Å². The average Bonchev–Trinajstić information content (AvgIpc) is 3.58. The summed E-state index contributed by atoms with van der Waals surface area (Å²) in [7, 11) is 1.45. The minimum atomic E-state index is -1.88. The molecule has 4 N–H and O–H groups in total. The number of phenols is 2. The number of aromatic nitrogens is 1. The summed E-state index contributed by atoms with van der Waals surface area (Å²) < 4.78 is 29.2. The maximum absolute atomic E-state index is 14.0. The van der Waals surface area contributed by atoms with Crippen molar-refractivity contribution < 1.29 is 53.4 Å². The zero-order chi connectivity index (χ0) is 35.2. The van der Waals surface area contributed by atoms with Crippen molar-refractivity contribution in [3.05, 3.63) is 53.7 Å². The second-order valence-electron chi connectivity index (χ2n) is 13.0. The number of carbonyl (C=O) groups excluding carboxylic acids is 2. The number of esters is 1. The first kappa shape index (κ1) is 34.9. The van der Waals surface area contributed by atoms with Crippen LogP contribution in [0.1, 0.15) is 69.8 Å². The number of methoxy groups -OCH3 is 1. The second-order valence-corrected chi connectivity index (χ2v) is 13.0. The van der Waals surface area contributed by atoms with Gasteiger partial charge < -0.3 is 43.8 Å². The van der Waals surface area contributed by atoms with Gasteiger partial charge in [0.25, 0.3) is 5.78 Å². The molecule has 5 rings (SSSR count). The van der Waals surface area contributed by atoms with Crippen molar-refractivity contribution in [1.82, 2.24) is 4.98 Å². The highest BCUT2D eigenvalue weighted by molar-refractivity contribution is 6.23. The molecule has 0 amide bonds. The molecule has 12 nitrogen and oxygen atoms in total. The summed E-state index contributed by atoms with van der Waals surface area (Å²) in [6.07, 6.45) is 4.70. The lowest BCUT2D eigenvalue weighted by atomic mass is 9.81. The molecule has 2 aliphatic heterocycles. The quantitative estimate of drug-likeness (QED) is 0.255. The first-order valence-corrected chi connectivity index (χ1v) is 15.9. The van der Waals surface area contributed by atoms with Gasteiger partial charge in [-0.25, -0.2) is 4.98 Å². The highest BCUT2D eigenvalue weighted by Crippen LogP contribution is 2.51. The Hall–Kier alpha value is -4.39. The lowest BCUT2D eigenvalue weighted by Crippen LogP contribution is -2.43. The van der Waals surface area contributed by atoms with E-state index in [1.165, 1.54) is 39.4 Å². The molecule has 0 saturated heterocycles. The molecule has 0 aliphatic carbocycles. The van der Waals surface area contributed by atoms with E-state index in [2.05, 4.69) is 4.98 Å². The van der Waals surface area contributed by atoms with Crippen LogP contribution < -0.4 is 4.74 Å². The Labute approximate surface area is 278 Å². The summed E-state index contributed by atoms with van der Waals surface area (Å²) >= 11 is 0. The number of aliphatic hydroxyl groups is 2. The zero-order valence-electron chi connectivity index (χ0n) is 28.3. The Morgan fingerprint density at radius 2 is 1.77 bits per heavy atom. The van der Waals surface area contributed by atoms with E-state index in [-0.39, 0.29) is 68.5 Å². The first-order valence-electron chi connectivity index (χ1n) is 15.9. The van der Waals surface area contributed by atoms with E-state index >= 15 is 0 Å². The monoisotopic (exact) mass is 665 g/mol. The molecule has 0 saturated carbocycles. The number of Topliss-reactive ketones (excluding diaryl/α,β-unsaturated/α-hetero) is 1. The van der Waals surface area contributed by atoms with E-state index in [4.69, 9.17) is 23.4 Å². The summed E-state index contributed by atoms with van der Waals surface area (Å²) in [6.45, 7) is 11.3. The molecule has 3 aromatic rings. The van der Waals surface area contributed by atoms with Crippen LogP contribution in [-0.4, -0.2) is 74.5 Å². The lowest BCUT2D eigenvalue weighted by Gasteiger charge is -2.35. The summed E-state index contributed by atoms with van der Waals surface area (Å²) in [5.74, 6) is -4.88. The molecule has 1 aromatic heterocycles. The largest absolute Gasteiger partial charge is 0.507 e. The lowest BCUT2D eigenvalue weighted by molar-refractivity contribution is -0.155.